The van der Waals surface area contributed by atoms with Crippen LogP contribution >= 0.6 is 0 Å². The molecule has 2 rings (SSSR count). The third-order valence-electron chi connectivity index (χ3n) is 4.95. The number of amides is 5. The van der Waals surface area contributed by atoms with Gasteiger partial charge in [-0.3, -0.25) is 24.2 Å². The zero-order valence-electron chi connectivity index (χ0n) is 17.1. The molecular formula is C19H32N4O5. The standard InChI is InChI=1S/C19H32N4O5/c1-4-28-11-5-8-20-16(24)15-6-9-21(10-7-15)13-23-18(26)17(25)22(19(23)27)12-14(2)3/h14-15H,4-13H2,1-3H3,(H,20,24). The van der Waals surface area contributed by atoms with Gasteiger partial charge in [-0.05, 0) is 32.1 Å². The fraction of sp³-hybridized carbons (Fsp3) is 0.789. The molecule has 5 amide bonds. The van der Waals surface area contributed by atoms with E-state index in [1.54, 1.807) is 0 Å². The van der Waals surface area contributed by atoms with Gasteiger partial charge in [0, 0.05) is 45.3 Å². The Labute approximate surface area is 166 Å². The number of carbonyl (C=O) groups excluding carboxylic acids is 4. The molecular weight excluding hydrogens is 364 g/mol. The first-order chi connectivity index (χ1) is 13.3. The largest absolute Gasteiger partial charge is 0.382 e. The highest BCUT2D eigenvalue weighted by Crippen LogP contribution is 2.20. The van der Waals surface area contributed by atoms with Crippen molar-refractivity contribution in [2.45, 2.75) is 40.0 Å². The highest BCUT2D eigenvalue weighted by atomic mass is 16.5. The molecule has 0 radical (unpaired) electrons. The molecule has 0 spiro atoms. The van der Waals surface area contributed by atoms with Gasteiger partial charge in [0.1, 0.15) is 0 Å². The Hall–Kier alpha value is -2.00. The number of nitrogens with one attached hydrogen (secondary N) is 1. The predicted molar refractivity (Wildman–Crippen MR) is 102 cm³/mol. The first kappa shape index (κ1) is 22.3. The number of ether oxygens (including phenoxy) is 1. The van der Waals surface area contributed by atoms with Crippen LogP contribution in [0.1, 0.15) is 40.0 Å². The second kappa shape index (κ2) is 10.5. The number of nitrogens with zero attached hydrogens (tertiary/aromatic N) is 3. The molecule has 0 aromatic carbocycles. The molecule has 2 saturated heterocycles. The topological polar surface area (TPSA) is 99.3 Å². The summed E-state index contributed by atoms with van der Waals surface area (Å²) in [5, 5.41) is 2.94. The van der Waals surface area contributed by atoms with E-state index in [2.05, 4.69) is 5.32 Å². The van der Waals surface area contributed by atoms with E-state index >= 15 is 0 Å². The van der Waals surface area contributed by atoms with E-state index < -0.39 is 17.8 Å². The van der Waals surface area contributed by atoms with Gasteiger partial charge in [0.05, 0.1) is 6.67 Å². The van der Waals surface area contributed by atoms with Gasteiger partial charge in [-0.15, -0.1) is 0 Å². The number of hydrogen-bond donors (Lipinski definition) is 1. The first-order valence-electron chi connectivity index (χ1n) is 10.1. The van der Waals surface area contributed by atoms with Crippen molar-refractivity contribution in [2.24, 2.45) is 11.8 Å². The van der Waals surface area contributed by atoms with E-state index in [1.165, 1.54) is 0 Å². The van der Waals surface area contributed by atoms with Crippen LogP contribution in [0.2, 0.25) is 0 Å². The fourth-order valence-electron chi connectivity index (χ4n) is 3.41. The molecule has 9 heteroatoms. The molecule has 2 fully saturated rings. The van der Waals surface area contributed by atoms with E-state index in [1.807, 2.05) is 25.7 Å². The van der Waals surface area contributed by atoms with Crippen molar-refractivity contribution in [1.82, 2.24) is 20.0 Å². The zero-order valence-corrected chi connectivity index (χ0v) is 17.1. The van der Waals surface area contributed by atoms with Gasteiger partial charge in [0.25, 0.3) is 0 Å². The quantitative estimate of drug-likeness (QED) is 0.331. The van der Waals surface area contributed by atoms with Crippen molar-refractivity contribution in [2.75, 3.05) is 46.1 Å². The van der Waals surface area contributed by atoms with Crippen molar-refractivity contribution in [3.63, 3.8) is 0 Å². The molecule has 1 N–H and O–H groups in total. The summed E-state index contributed by atoms with van der Waals surface area (Å²) in [5.74, 6) is -1.43. The molecule has 0 unspecified atom stereocenters. The van der Waals surface area contributed by atoms with Gasteiger partial charge in [0.15, 0.2) is 0 Å². The molecule has 2 aliphatic rings. The van der Waals surface area contributed by atoms with Gasteiger partial charge in [-0.2, -0.15) is 0 Å². The van der Waals surface area contributed by atoms with Gasteiger partial charge in [-0.25, -0.2) is 9.69 Å². The Kier molecular flexibility index (Phi) is 8.37. The SMILES string of the molecule is CCOCCCNC(=O)C1CCN(CN2C(=O)C(=O)N(CC(C)C)C2=O)CC1. The monoisotopic (exact) mass is 396 g/mol. The summed E-state index contributed by atoms with van der Waals surface area (Å²) in [5.41, 5.74) is 0. The van der Waals surface area contributed by atoms with Crippen LogP contribution in [0.5, 0.6) is 0 Å². The third-order valence-corrected chi connectivity index (χ3v) is 4.95. The maximum Gasteiger partial charge on any atom is 0.335 e. The molecule has 0 atom stereocenters. The Morgan fingerprint density at radius 3 is 2.39 bits per heavy atom. The average Bonchev–Trinajstić information content (AvgIpc) is 2.86. The number of hydrogen-bond acceptors (Lipinski definition) is 6. The van der Waals surface area contributed by atoms with E-state index in [0.29, 0.717) is 45.7 Å². The summed E-state index contributed by atoms with van der Waals surface area (Å²) in [4.78, 5) is 52.8. The van der Waals surface area contributed by atoms with Gasteiger partial charge in [-0.1, -0.05) is 13.8 Å². The van der Waals surface area contributed by atoms with Crippen LogP contribution in [-0.4, -0.2) is 84.5 Å². The van der Waals surface area contributed by atoms with E-state index in [-0.39, 0.29) is 31.0 Å². The number of urea groups is 1. The summed E-state index contributed by atoms with van der Waals surface area (Å²) in [6.45, 7) is 9.18. The van der Waals surface area contributed by atoms with E-state index in [4.69, 9.17) is 4.74 Å². The van der Waals surface area contributed by atoms with Crippen LogP contribution in [0.25, 0.3) is 0 Å². The number of imide groups is 2. The van der Waals surface area contributed by atoms with Crippen LogP contribution in [0.15, 0.2) is 0 Å². The zero-order chi connectivity index (χ0) is 20.7. The van der Waals surface area contributed by atoms with E-state index in [0.717, 1.165) is 16.2 Å². The van der Waals surface area contributed by atoms with Gasteiger partial charge >= 0.3 is 17.8 Å². The molecule has 28 heavy (non-hydrogen) atoms. The minimum Gasteiger partial charge on any atom is -0.382 e. The molecule has 2 heterocycles. The molecule has 158 valence electrons. The van der Waals surface area contributed by atoms with Crippen LogP contribution in [0.3, 0.4) is 0 Å². The molecule has 2 aliphatic heterocycles. The van der Waals surface area contributed by atoms with Crippen molar-refractivity contribution >= 4 is 23.8 Å². The van der Waals surface area contributed by atoms with Crippen molar-refractivity contribution in [3.8, 4) is 0 Å². The summed E-state index contributed by atoms with van der Waals surface area (Å²) >= 11 is 0. The highest BCUT2D eigenvalue weighted by Gasteiger charge is 2.45. The normalized spacial score (nSPS) is 19.2. The molecule has 0 saturated carbocycles. The minimum atomic E-state index is -0.764. The first-order valence-corrected chi connectivity index (χ1v) is 10.1. The lowest BCUT2D eigenvalue weighted by Crippen LogP contribution is -2.47. The second-order valence-electron chi connectivity index (χ2n) is 7.70. The maximum absolute atomic E-state index is 12.4. The smallest absolute Gasteiger partial charge is 0.335 e. The van der Waals surface area contributed by atoms with Crippen molar-refractivity contribution in [1.29, 1.82) is 0 Å². The lowest BCUT2D eigenvalue weighted by molar-refractivity contribution is -0.144. The van der Waals surface area contributed by atoms with Crippen LogP contribution in [0, 0.1) is 11.8 Å². The van der Waals surface area contributed by atoms with Crippen molar-refractivity contribution in [3.05, 3.63) is 0 Å². The third kappa shape index (κ3) is 5.75. The lowest BCUT2D eigenvalue weighted by Gasteiger charge is -2.33. The predicted octanol–water partition coefficient (Wildman–Crippen LogP) is 0.646. The summed E-state index contributed by atoms with van der Waals surface area (Å²) in [6.07, 6.45) is 2.12. The lowest BCUT2D eigenvalue weighted by atomic mass is 9.96. The number of rotatable bonds is 10. The minimum absolute atomic E-state index is 0.0442. The summed E-state index contributed by atoms with van der Waals surface area (Å²) in [7, 11) is 0. The maximum atomic E-state index is 12.4. The van der Waals surface area contributed by atoms with Crippen molar-refractivity contribution < 1.29 is 23.9 Å². The van der Waals surface area contributed by atoms with Crippen LogP contribution in [-0.2, 0) is 19.1 Å². The Bertz CT molecular complexity index is 587. The Morgan fingerprint density at radius 1 is 1.14 bits per heavy atom. The molecule has 0 aromatic rings. The molecule has 0 aromatic heterocycles. The number of piperidine rings is 1. The van der Waals surface area contributed by atoms with E-state index in [9.17, 15) is 19.2 Å². The molecule has 0 bridgehead atoms. The summed E-state index contributed by atoms with van der Waals surface area (Å²) < 4.78 is 5.25. The van der Waals surface area contributed by atoms with Crippen LogP contribution in [0.4, 0.5) is 4.79 Å². The molecule has 0 aliphatic carbocycles. The number of likely N-dealkylation sites (tertiary alicyclic amines) is 1. The fourth-order valence-corrected chi connectivity index (χ4v) is 3.41. The second-order valence-corrected chi connectivity index (χ2v) is 7.70. The Balaban J connectivity index is 1.76. The summed E-state index contributed by atoms with van der Waals surface area (Å²) in [6, 6.07) is -0.544. The average molecular weight is 396 g/mol. The van der Waals surface area contributed by atoms with Gasteiger partial charge in [0.2, 0.25) is 5.91 Å². The van der Waals surface area contributed by atoms with Crippen LogP contribution < -0.4 is 5.32 Å². The highest BCUT2D eigenvalue weighted by molar-refractivity contribution is 6.44. The van der Waals surface area contributed by atoms with Gasteiger partial charge < -0.3 is 10.1 Å². The molecule has 9 nitrogen and oxygen atoms in total. The number of carbonyl (C=O) groups is 4. The Morgan fingerprint density at radius 2 is 1.79 bits per heavy atom.